The standard InChI is InChI=1S/C22H26F3N5O2/c1-13(2)17-11-16(22(23,24)25)19-20(28-32-21(19)26-17)15-5-4-8-29(12-15)18(31)7-10-30-9-6-14(3)27-30/h6,9,11,13,15H,4-5,7-8,10,12H2,1-3H3. The lowest BCUT2D eigenvalue weighted by molar-refractivity contribution is -0.136. The molecule has 7 nitrogen and oxygen atoms in total. The molecule has 1 fully saturated rings. The fourth-order valence-corrected chi connectivity index (χ4v) is 4.17. The Bertz CT molecular complexity index is 1120. The molecule has 0 N–H and O–H groups in total. The van der Waals surface area contributed by atoms with Gasteiger partial charge in [-0.15, -0.1) is 0 Å². The second kappa shape index (κ2) is 8.55. The van der Waals surface area contributed by atoms with Gasteiger partial charge in [-0.2, -0.15) is 18.3 Å². The van der Waals surface area contributed by atoms with Crippen LogP contribution in [0.2, 0.25) is 0 Å². The molecule has 172 valence electrons. The van der Waals surface area contributed by atoms with E-state index in [1.54, 1.807) is 23.4 Å². The molecule has 4 heterocycles. The molecule has 32 heavy (non-hydrogen) atoms. The van der Waals surface area contributed by atoms with Crippen molar-refractivity contribution >= 4 is 17.0 Å². The minimum Gasteiger partial charge on any atom is -0.342 e. The monoisotopic (exact) mass is 449 g/mol. The van der Waals surface area contributed by atoms with Gasteiger partial charge in [-0.05, 0) is 37.8 Å². The first kappa shape index (κ1) is 22.3. The number of aryl methyl sites for hydroxylation is 2. The molecule has 1 atom stereocenters. The number of aromatic nitrogens is 4. The van der Waals surface area contributed by atoms with Crippen LogP contribution < -0.4 is 0 Å². The normalized spacial score (nSPS) is 17.5. The van der Waals surface area contributed by atoms with E-state index in [4.69, 9.17) is 4.52 Å². The Morgan fingerprint density at radius 2 is 2.12 bits per heavy atom. The molecule has 1 aliphatic heterocycles. The Kier molecular flexibility index (Phi) is 5.96. The van der Waals surface area contributed by atoms with Crippen LogP contribution in [0.1, 0.15) is 67.6 Å². The summed E-state index contributed by atoms with van der Waals surface area (Å²) >= 11 is 0. The predicted molar refractivity (Wildman–Crippen MR) is 111 cm³/mol. The van der Waals surface area contributed by atoms with E-state index in [-0.39, 0.29) is 41.0 Å². The first-order valence-electron chi connectivity index (χ1n) is 10.8. The van der Waals surface area contributed by atoms with Gasteiger partial charge in [0.05, 0.1) is 22.3 Å². The number of amides is 1. The molecule has 1 amide bonds. The lowest BCUT2D eigenvalue weighted by atomic mass is 9.91. The third-order valence-electron chi connectivity index (χ3n) is 5.88. The van der Waals surface area contributed by atoms with Crippen LogP contribution in [-0.4, -0.2) is 43.8 Å². The highest BCUT2D eigenvalue weighted by Crippen LogP contribution is 2.40. The highest BCUT2D eigenvalue weighted by atomic mass is 19.4. The number of pyridine rings is 1. The molecule has 0 aliphatic carbocycles. The van der Waals surface area contributed by atoms with Crippen LogP contribution in [-0.2, 0) is 17.5 Å². The van der Waals surface area contributed by atoms with E-state index in [1.807, 2.05) is 19.2 Å². The lowest BCUT2D eigenvalue weighted by Gasteiger charge is -2.32. The van der Waals surface area contributed by atoms with Crippen LogP contribution >= 0.6 is 0 Å². The van der Waals surface area contributed by atoms with Gasteiger partial charge in [0.1, 0.15) is 0 Å². The third kappa shape index (κ3) is 4.49. The van der Waals surface area contributed by atoms with Crippen LogP contribution in [0.3, 0.4) is 0 Å². The van der Waals surface area contributed by atoms with Crippen molar-refractivity contribution in [3.05, 3.63) is 41.0 Å². The van der Waals surface area contributed by atoms with Gasteiger partial charge in [0, 0.05) is 43.9 Å². The van der Waals surface area contributed by atoms with Gasteiger partial charge in [-0.3, -0.25) is 9.48 Å². The van der Waals surface area contributed by atoms with Crippen molar-refractivity contribution in [2.75, 3.05) is 13.1 Å². The maximum atomic E-state index is 13.9. The van der Waals surface area contributed by atoms with E-state index in [0.29, 0.717) is 38.2 Å². The minimum absolute atomic E-state index is 0.0492. The summed E-state index contributed by atoms with van der Waals surface area (Å²) in [4.78, 5) is 18.7. The molecule has 1 saturated heterocycles. The Balaban J connectivity index is 1.57. The van der Waals surface area contributed by atoms with Gasteiger partial charge in [0.15, 0.2) is 0 Å². The largest absolute Gasteiger partial charge is 0.417 e. The van der Waals surface area contributed by atoms with Crippen LogP contribution in [0.4, 0.5) is 13.2 Å². The number of piperidine rings is 1. The number of carbonyl (C=O) groups excluding carboxylic acids is 1. The average molecular weight is 449 g/mol. The highest BCUT2D eigenvalue weighted by molar-refractivity contribution is 5.82. The van der Waals surface area contributed by atoms with Crippen LogP contribution in [0.25, 0.3) is 11.1 Å². The van der Waals surface area contributed by atoms with Crippen molar-refractivity contribution in [3.8, 4) is 0 Å². The maximum Gasteiger partial charge on any atom is 0.417 e. The molecule has 1 unspecified atom stereocenters. The number of hydrogen-bond acceptors (Lipinski definition) is 5. The fourth-order valence-electron chi connectivity index (χ4n) is 4.17. The molecule has 0 saturated carbocycles. The van der Waals surface area contributed by atoms with E-state index in [9.17, 15) is 18.0 Å². The lowest BCUT2D eigenvalue weighted by Crippen LogP contribution is -2.39. The topological polar surface area (TPSA) is 77.0 Å². The number of alkyl halides is 3. The number of nitrogens with zero attached hydrogens (tertiary/aromatic N) is 5. The van der Waals surface area contributed by atoms with Crippen molar-refractivity contribution in [1.29, 1.82) is 0 Å². The van der Waals surface area contributed by atoms with E-state index in [1.165, 1.54) is 0 Å². The van der Waals surface area contributed by atoms with E-state index in [2.05, 4.69) is 15.2 Å². The van der Waals surface area contributed by atoms with Gasteiger partial charge in [0.25, 0.3) is 5.71 Å². The predicted octanol–water partition coefficient (Wildman–Crippen LogP) is 4.67. The SMILES string of the molecule is Cc1ccn(CCC(=O)N2CCCC(c3noc4nc(C(C)C)cc(C(F)(F)F)c34)C2)n1. The fraction of sp³-hybridized carbons (Fsp3) is 0.545. The Morgan fingerprint density at radius 3 is 2.78 bits per heavy atom. The summed E-state index contributed by atoms with van der Waals surface area (Å²) < 4.78 is 48.6. The van der Waals surface area contributed by atoms with E-state index >= 15 is 0 Å². The summed E-state index contributed by atoms with van der Waals surface area (Å²) in [5.74, 6) is -0.573. The minimum atomic E-state index is -4.56. The van der Waals surface area contributed by atoms with Crippen LogP contribution in [0.5, 0.6) is 0 Å². The molecule has 3 aromatic rings. The Labute approximate surface area is 183 Å². The number of fused-ring (bicyclic) bond motifs is 1. The average Bonchev–Trinajstić information content (AvgIpc) is 3.36. The molecule has 1 aliphatic rings. The molecule has 0 spiro atoms. The van der Waals surface area contributed by atoms with Crippen molar-refractivity contribution < 1.29 is 22.5 Å². The first-order chi connectivity index (χ1) is 15.1. The molecular formula is C22H26F3N5O2. The number of carbonyl (C=O) groups is 1. The molecule has 0 aromatic carbocycles. The molecule has 0 bridgehead atoms. The molecule has 10 heteroatoms. The van der Waals surface area contributed by atoms with Crippen LogP contribution in [0, 0.1) is 6.92 Å². The number of likely N-dealkylation sites (tertiary alicyclic amines) is 1. The summed E-state index contributed by atoms with van der Waals surface area (Å²) in [5.41, 5.74) is 0.538. The third-order valence-corrected chi connectivity index (χ3v) is 5.88. The van der Waals surface area contributed by atoms with Crippen molar-refractivity contribution in [1.82, 2.24) is 24.8 Å². The van der Waals surface area contributed by atoms with Gasteiger partial charge in [-0.1, -0.05) is 19.0 Å². The number of rotatable bonds is 5. The molecule has 3 aromatic heterocycles. The summed E-state index contributed by atoms with van der Waals surface area (Å²) in [6, 6.07) is 2.96. The number of halogens is 3. The Morgan fingerprint density at radius 1 is 1.34 bits per heavy atom. The zero-order valence-corrected chi connectivity index (χ0v) is 18.3. The van der Waals surface area contributed by atoms with E-state index in [0.717, 1.165) is 11.8 Å². The van der Waals surface area contributed by atoms with Gasteiger partial charge in [-0.25, -0.2) is 4.98 Å². The number of hydrogen-bond donors (Lipinski definition) is 0. The smallest absolute Gasteiger partial charge is 0.342 e. The molecule has 4 rings (SSSR count). The van der Waals surface area contributed by atoms with E-state index < -0.39 is 11.7 Å². The zero-order valence-electron chi connectivity index (χ0n) is 18.3. The summed E-state index contributed by atoms with van der Waals surface area (Å²) in [5, 5.41) is 8.18. The second-order valence-corrected chi connectivity index (χ2v) is 8.64. The van der Waals surface area contributed by atoms with Gasteiger partial charge in [0.2, 0.25) is 5.91 Å². The van der Waals surface area contributed by atoms with Gasteiger partial charge >= 0.3 is 6.18 Å². The summed E-state index contributed by atoms with van der Waals surface area (Å²) in [7, 11) is 0. The first-order valence-corrected chi connectivity index (χ1v) is 10.8. The zero-order chi connectivity index (χ0) is 23.0. The molecular weight excluding hydrogens is 423 g/mol. The Hall–Kier alpha value is -2.91. The van der Waals surface area contributed by atoms with Gasteiger partial charge < -0.3 is 9.42 Å². The van der Waals surface area contributed by atoms with Crippen molar-refractivity contribution in [2.24, 2.45) is 0 Å². The summed E-state index contributed by atoms with van der Waals surface area (Å²) in [6.45, 7) is 6.78. The van der Waals surface area contributed by atoms with Crippen LogP contribution in [0.15, 0.2) is 22.9 Å². The second-order valence-electron chi connectivity index (χ2n) is 8.64. The highest BCUT2D eigenvalue weighted by Gasteiger charge is 2.38. The molecule has 0 radical (unpaired) electrons. The quantitative estimate of drug-likeness (QED) is 0.566. The van der Waals surface area contributed by atoms with Crippen molar-refractivity contribution in [3.63, 3.8) is 0 Å². The maximum absolute atomic E-state index is 13.9. The summed E-state index contributed by atoms with van der Waals surface area (Å²) in [6.07, 6.45) is -1.14. The van der Waals surface area contributed by atoms with Crippen molar-refractivity contribution in [2.45, 2.75) is 64.6 Å².